The Kier molecular flexibility index (Phi) is 3.30. The SMILES string of the molecule is COC(=O)c1ccc(-c2nn[nH]n2)c(S(C)(=O)=O)c1. The topological polar surface area (TPSA) is 115 Å². The number of esters is 1. The predicted molar refractivity (Wildman–Crippen MR) is 64.1 cm³/mol. The number of nitrogens with one attached hydrogen (secondary N) is 1. The minimum absolute atomic E-state index is 0.0585. The zero-order chi connectivity index (χ0) is 14.0. The molecule has 100 valence electrons. The Labute approximate surface area is 108 Å². The van der Waals surface area contributed by atoms with Crippen LogP contribution in [0.4, 0.5) is 0 Å². The van der Waals surface area contributed by atoms with Crippen molar-refractivity contribution in [3.63, 3.8) is 0 Å². The third-order valence-corrected chi connectivity index (χ3v) is 3.53. The van der Waals surface area contributed by atoms with Gasteiger partial charge in [0, 0.05) is 11.8 Å². The Morgan fingerprint density at radius 3 is 2.63 bits per heavy atom. The number of carbonyl (C=O) groups excluding carboxylic acids is 1. The average molecular weight is 282 g/mol. The molecule has 2 rings (SSSR count). The first-order chi connectivity index (χ1) is 8.93. The molecule has 1 heterocycles. The first-order valence-electron chi connectivity index (χ1n) is 5.09. The molecule has 0 unspecified atom stereocenters. The van der Waals surface area contributed by atoms with Crippen molar-refractivity contribution in [1.29, 1.82) is 0 Å². The van der Waals surface area contributed by atoms with Gasteiger partial charge in [0.2, 0.25) is 5.82 Å². The Hall–Kier alpha value is -2.29. The molecule has 19 heavy (non-hydrogen) atoms. The Bertz CT molecular complexity index is 709. The minimum atomic E-state index is -3.55. The highest BCUT2D eigenvalue weighted by Gasteiger charge is 2.20. The molecule has 1 aromatic heterocycles. The number of rotatable bonds is 3. The summed E-state index contributed by atoms with van der Waals surface area (Å²) in [5.41, 5.74) is 0.402. The molecule has 1 aromatic carbocycles. The molecule has 2 aromatic rings. The van der Waals surface area contributed by atoms with E-state index < -0.39 is 15.8 Å². The fraction of sp³-hybridized carbons (Fsp3) is 0.200. The van der Waals surface area contributed by atoms with Gasteiger partial charge in [-0.15, -0.1) is 10.2 Å². The highest BCUT2D eigenvalue weighted by atomic mass is 32.2. The Morgan fingerprint density at radius 1 is 1.37 bits per heavy atom. The van der Waals surface area contributed by atoms with Crippen LogP contribution >= 0.6 is 0 Å². The summed E-state index contributed by atoms with van der Waals surface area (Å²) in [7, 11) is -2.34. The van der Waals surface area contributed by atoms with E-state index in [0.29, 0.717) is 0 Å². The number of methoxy groups -OCH3 is 1. The van der Waals surface area contributed by atoms with Crippen molar-refractivity contribution in [3.05, 3.63) is 23.8 Å². The summed E-state index contributed by atoms with van der Waals surface area (Å²) >= 11 is 0. The highest BCUT2D eigenvalue weighted by molar-refractivity contribution is 7.90. The van der Waals surface area contributed by atoms with Crippen LogP contribution in [0.15, 0.2) is 23.1 Å². The van der Waals surface area contributed by atoms with Crippen LogP contribution < -0.4 is 0 Å². The molecule has 0 bridgehead atoms. The summed E-state index contributed by atoms with van der Waals surface area (Å²) in [4.78, 5) is 11.4. The maximum Gasteiger partial charge on any atom is 0.337 e. The van der Waals surface area contributed by atoms with Gasteiger partial charge in [0.25, 0.3) is 0 Å². The van der Waals surface area contributed by atoms with Crippen molar-refractivity contribution >= 4 is 15.8 Å². The molecule has 0 atom stereocenters. The number of benzene rings is 1. The fourth-order valence-electron chi connectivity index (χ4n) is 1.53. The lowest BCUT2D eigenvalue weighted by atomic mass is 10.1. The quantitative estimate of drug-likeness (QED) is 0.791. The maximum atomic E-state index is 11.8. The molecule has 0 fully saturated rings. The van der Waals surface area contributed by atoms with E-state index in [-0.39, 0.29) is 21.8 Å². The van der Waals surface area contributed by atoms with Crippen molar-refractivity contribution in [2.45, 2.75) is 4.90 Å². The molecule has 0 saturated heterocycles. The molecule has 0 aliphatic rings. The number of hydrogen-bond acceptors (Lipinski definition) is 7. The third-order valence-electron chi connectivity index (χ3n) is 2.39. The second kappa shape index (κ2) is 4.76. The molecule has 0 spiro atoms. The molecular weight excluding hydrogens is 272 g/mol. The van der Waals surface area contributed by atoms with Crippen molar-refractivity contribution in [2.24, 2.45) is 0 Å². The number of ether oxygens (including phenoxy) is 1. The van der Waals surface area contributed by atoms with E-state index in [1.807, 2.05) is 0 Å². The van der Waals surface area contributed by atoms with Gasteiger partial charge in [-0.1, -0.05) is 0 Å². The van der Waals surface area contributed by atoms with E-state index in [1.165, 1.54) is 25.3 Å². The molecule has 0 radical (unpaired) electrons. The van der Waals surface area contributed by atoms with Gasteiger partial charge in [-0.05, 0) is 23.4 Å². The number of sulfone groups is 1. The first-order valence-corrected chi connectivity index (χ1v) is 6.99. The van der Waals surface area contributed by atoms with Crippen LogP contribution in [0.2, 0.25) is 0 Å². The number of tetrazole rings is 1. The van der Waals surface area contributed by atoms with Gasteiger partial charge in [-0.25, -0.2) is 13.2 Å². The molecule has 9 heteroatoms. The lowest BCUT2D eigenvalue weighted by molar-refractivity contribution is 0.0600. The zero-order valence-corrected chi connectivity index (χ0v) is 10.9. The summed E-state index contributed by atoms with van der Waals surface area (Å²) < 4.78 is 28.1. The third kappa shape index (κ3) is 2.60. The van der Waals surface area contributed by atoms with Crippen molar-refractivity contribution < 1.29 is 17.9 Å². The van der Waals surface area contributed by atoms with Crippen LogP contribution in [-0.4, -0.2) is 48.4 Å². The van der Waals surface area contributed by atoms with Gasteiger partial charge >= 0.3 is 5.97 Å². The largest absolute Gasteiger partial charge is 0.465 e. The van der Waals surface area contributed by atoms with E-state index in [9.17, 15) is 13.2 Å². The maximum absolute atomic E-state index is 11.8. The normalized spacial score (nSPS) is 11.3. The molecule has 0 aliphatic carbocycles. The molecule has 1 N–H and O–H groups in total. The van der Waals surface area contributed by atoms with E-state index in [1.54, 1.807) is 0 Å². The van der Waals surface area contributed by atoms with Gasteiger partial charge in [0.15, 0.2) is 9.84 Å². The summed E-state index contributed by atoms with van der Waals surface area (Å²) in [5.74, 6) is -0.485. The van der Waals surface area contributed by atoms with Crippen molar-refractivity contribution in [2.75, 3.05) is 13.4 Å². The van der Waals surface area contributed by atoms with E-state index in [2.05, 4.69) is 25.4 Å². The van der Waals surface area contributed by atoms with Gasteiger partial charge in [-0.2, -0.15) is 5.21 Å². The number of nitrogens with zero attached hydrogens (tertiary/aromatic N) is 3. The van der Waals surface area contributed by atoms with Gasteiger partial charge < -0.3 is 4.74 Å². The minimum Gasteiger partial charge on any atom is -0.465 e. The smallest absolute Gasteiger partial charge is 0.337 e. The number of H-pyrrole nitrogens is 1. The Morgan fingerprint density at radius 2 is 2.11 bits per heavy atom. The molecule has 0 amide bonds. The lowest BCUT2D eigenvalue weighted by Gasteiger charge is -2.06. The average Bonchev–Trinajstić information content (AvgIpc) is 2.90. The Balaban J connectivity index is 2.66. The lowest BCUT2D eigenvalue weighted by Crippen LogP contribution is -2.06. The second-order valence-electron chi connectivity index (χ2n) is 3.71. The summed E-state index contributed by atoms with van der Waals surface area (Å²) in [6, 6.07) is 4.10. The standard InChI is InChI=1S/C10H10N4O4S/c1-18-10(15)6-3-4-7(9-11-13-14-12-9)8(5-6)19(2,16)17/h3-5H,1-2H3,(H,11,12,13,14). The molecular formula is C10H10N4O4S. The van der Waals surface area contributed by atoms with Crippen LogP contribution in [0, 0.1) is 0 Å². The second-order valence-corrected chi connectivity index (χ2v) is 5.69. The number of carbonyl (C=O) groups is 1. The van der Waals surface area contributed by atoms with Crippen molar-refractivity contribution in [1.82, 2.24) is 20.6 Å². The zero-order valence-electron chi connectivity index (χ0n) is 10.1. The van der Waals surface area contributed by atoms with Crippen LogP contribution in [0.5, 0.6) is 0 Å². The van der Waals surface area contributed by atoms with E-state index in [4.69, 9.17) is 0 Å². The van der Waals surface area contributed by atoms with E-state index >= 15 is 0 Å². The summed E-state index contributed by atoms with van der Waals surface area (Å²) in [6.07, 6.45) is 1.03. The van der Waals surface area contributed by atoms with E-state index in [0.717, 1.165) is 6.26 Å². The van der Waals surface area contributed by atoms with Gasteiger partial charge in [-0.3, -0.25) is 0 Å². The molecule has 0 aliphatic heterocycles. The van der Waals surface area contributed by atoms with Crippen LogP contribution in [0.1, 0.15) is 10.4 Å². The molecule has 0 saturated carbocycles. The number of aromatic amines is 1. The predicted octanol–water partition coefficient (Wildman–Crippen LogP) is 0.0568. The monoisotopic (exact) mass is 282 g/mol. The summed E-state index contributed by atoms with van der Waals surface area (Å²) in [6.45, 7) is 0. The molecule has 8 nitrogen and oxygen atoms in total. The number of aromatic nitrogens is 4. The van der Waals surface area contributed by atoms with Gasteiger partial charge in [0.1, 0.15) is 0 Å². The van der Waals surface area contributed by atoms with Crippen LogP contribution in [0.25, 0.3) is 11.4 Å². The summed E-state index contributed by atoms with van der Waals surface area (Å²) in [5, 5.41) is 13.1. The van der Waals surface area contributed by atoms with Crippen LogP contribution in [-0.2, 0) is 14.6 Å². The van der Waals surface area contributed by atoms with Gasteiger partial charge in [0.05, 0.1) is 17.6 Å². The first kappa shape index (κ1) is 13.1. The number of hydrogen-bond donors (Lipinski definition) is 1. The van der Waals surface area contributed by atoms with Crippen LogP contribution in [0.3, 0.4) is 0 Å². The fourth-order valence-corrected chi connectivity index (χ4v) is 2.43. The highest BCUT2D eigenvalue weighted by Crippen LogP contribution is 2.25. The van der Waals surface area contributed by atoms with Crippen molar-refractivity contribution in [3.8, 4) is 11.4 Å².